The molecule has 11 heavy (non-hydrogen) atoms. The van der Waals surface area contributed by atoms with Gasteiger partial charge in [-0.05, 0) is 32.6 Å². The van der Waals surface area contributed by atoms with Crippen molar-refractivity contribution >= 4 is 12.4 Å². The molecule has 1 saturated carbocycles. The Morgan fingerprint density at radius 3 is 2.00 bits per heavy atom. The first-order chi connectivity index (χ1) is 4.62. The summed E-state index contributed by atoms with van der Waals surface area (Å²) < 4.78 is 5.64. The van der Waals surface area contributed by atoms with Crippen LogP contribution in [-0.4, -0.2) is 17.7 Å². The standard InChI is InChI=1S/C8H15NO.ClH/c1-7-2-4-8(9,5-3-7)6-10-7;/h2-6,9H2,1H3;1H. The minimum Gasteiger partial charge on any atom is -0.373 e. The van der Waals surface area contributed by atoms with Gasteiger partial charge in [0.05, 0.1) is 12.2 Å². The molecule has 0 atom stereocenters. The van der Waals surface area contributed by atoms with Gasteiger partial charge in [0.25, 0.3) is 0 Å². The first-order valence-electron chi connectivity index (χ1n) is 4.05. The van der Waals surface area contributed by atoms with Crippen molar-refractivity contribution in [2.75, 3.05) is 6.61 Å². The lowest BCUT2D eigenvalue weighted by atomic mass is 9.73. The predicted octanol–water partition coefficient (Wildman–Crippen LogP) is 1.47. The molecule has 3 rings (SSSR count). The van der Waals surface area contributed by atoms with E-state index >= 15 is 0 Å². The number of fused-ring (bicyclic) bond motifs is 3. The van der Waals surface area contributed by atoms with E-state index in [1.54, 1.807) is 0 Å². The fourth-order valence-electron chi connectivity index (χ4n) is 1.88. The molecule has 1 aliphatic carbocycles. The molecule has 2 N–H and O–H groups in total. The topological polar surface area (TPSA) is 35.2 Å². The number of rotatable bonds is 0. The van der Waals surface area contributed by atoms with Gasteiger partial charge in [-0.15, -0.1) is 12.4 Å². The highest BCUT2D eigenvalue weighted by atomic mass is 35.5. The van der Waals surface area contributed by atoms with Gasteiger partial charge in [-0.1, -0.05) is 0 Å². The van der Waals surface area contributed by atoms with Crippen LogP contribution >= 0.6 is 12.4 Å². The molecule has 3 heteroatoms. The second-order valence-electron chi connectivity index (χ2n) is 4.10. The van der Waals surface area contributed by atoms with Crippen LogP contribution < -0.4 is 5.73 Å². The molecule has 0 aromatic carbocycles. The first kappa shape index (κ1) is 9.30. The van der Waals surface area contributed by atoms with E-state index in [2.05, 4.69) is 6.92 Å². The third-order valence-corrected chi connectivity index (χ3v) is 3.01. The van der Waals surface area contributed by atoms with E-state index in [0.29, 0.717) is 0 Å². The Bertz CT molecular complexity index is 118. The number of halogens is 1. The lowest BCUT2D eigenvalue weighted by Gasteiger charge is -2.49. The van der Waals surface area contributed by atoms with Crippen LogP contribution in [0.2, 0.25) is 0 Å². The quantitative estimate of drug-likeness (QED) is 0.608. The van der Waals surface area contributed by atoms with Crippen molar-refractivity contribution in [1.82, 2.24) is 0 Å². The van der Waals surface area contributed by atoms with Gasteiger partial charge in [-0.2, -0.15) is 0 Å². The molecule has 2 bridgehead atoms. The van der Waals surface area contributed by atoms with Crippen LogP contribution in [0.15, 0.2) is 0 Å². The molecule has 2 heterocycles. The number of hydrogen-bond acceptors (Lipinski definition) is 2. The molecule has 3 fully saturated rings. The molecule has 2 nitrogen and oxygen atoms in total. The summed E-state index contributed by atoms with van der Waals surface area (Å²) >= 11 is 0. The molecule has 2 saturated heterocycles. The summed E-state index contributed by atoms with van der Waals surface area (Å²) in [4.78, 5) is 0. The summed E-state index contributed by atoms with van der Waals surface area (Å²) in [6.45, 7) is 2.98. The lowest BCUT2D eigenvalue weighted by molar-refractivity contribution is -0.141. The van der Waals surface area contributed by atoms with Gasteiger partial charge in [0.15, 0.2) is 0 Å². The van der Waals surface area contributed by atoms with Gasteiger partial charge in [0, 0.05) is 5.54 Å². The molecule has 2 aliphatic heterocycles. The zero-order chi connectivity index (χ0) is 7.24. The summed E-state index contributed by atoms with van der Waals surface area (Å²) in [5.41, 5.74) is 6.25. The first-order valence-corrected chi connectivity index (χ1v) is 4.05. The molecule has 0 unspecified atom stereocenters. The number of nitrogens with two attached hydrogens (primary N) is 1. The second kappa shape index (κ2) is 2.61. The van der Waals surface area contributed by atoms with Crippen LogP contribution in [0.4, 0.5) is 0 Å². The fraction of sp³-hybridized carbons (Fsp3) is 1.00. The highest BCUT2D eigenvalue weighted by Gasteiger charge is 2.44. The summed E-state index contributed by atoms with van der Waals surface area (Å²) in [7, 11) is 0. The van der Waals surface area contributed by atoms with E-state index in [1.165, 1.54) is 0 Å². The minimum absolute atomic E-state index is 0. The maximum absolute atomic E-state index is 6.03. The van der Waals surface area contributed by atoms with Gasteiger partial charge in [-0.3, -0.25) is 0 Å². The third-order valence-electron chi connectivity index (χ3n) is 3.01. The third kappa shape index (κ3) is 1.53. The normalized spacial score (nSPS) is 48.5. The maximum atomic E-state index is 6.03. The Labute approximate surface area is 73.9 Å². The van der Waals surface area contributed by atoms with Crippen molar-refractivity contribution in [3.05, 3.63) is 0 Å². The summed E-state index contributed by atoms with van der Waals surface area (Å²) in [6.07, 6.45) is 4.62. The van der Waals surface area contributed by atoms with Crippen molar-refractivity contribution in [3.63, 3.8) is 0 Å². The zero-order valence-corrected chi connectivity index (χ0v) is 7.75. The van der Waals surface area contributed by atoms with Crippen molar-refractivity contribution in [2.45, 2.75) is 43.7 Å². The number of ether oxygens (including phenoxy) is 1. The molecule has 0 aromatic rings. The van der Waals surface area contributed by atoms with Crippen LogP contribution in [0.3, 0.4) is 0 Å². The second-order valence-corrected chi connectivity index (χ2v) is 4.10. The van der Waals surface area contributed by atoms with Crippen molar-refractivity contribution < 1.29 is 4.74 Å². The van der Waals surface area contributed by atoms with Gasteiger partial charge in [0.2, 0.25) is 0 Å². The highest BCUT2D eigenvalue weighted by Crippen LogP contribution is 2.41. The van der Waals surface area contributed by atoms with Crippen LogP contribution in [-0.2, 0) is 4.74 Å². The maximum Gasteiger partial charge on any atom is 0.0656 e. The summed E-state index contributed by atoms with van der Waals surface area (Å²) in [6, 6.07) is 0. The van der Waals surface area contributed by atoms with E-state index < -0.39 is 0 Å². The smallest absolute Gasteiger partial charge is 0.0656 e. The molecule has 0 amide bonds. The summed E-state index contributed by atoms with van der Waals surface area (Å²) in [5.74, 6) is 0. The van der Waals surface area contributed by atoms with Gasteiger partial charge < -0.3 is 10.5 Å². The van der Waals surface area contributed by atoms with E-state index in [9.17, 15) is 0 Å². The average molecular weight is 178 g/mol. The van der Waals surface area contributed by atoms with Crippen molar-refractivity contribution in [3.8, 4) is 0 Å². The average Bonchev–Trinajstić information content (AvgIpc) is 1.93. The van der Waals surface area contributed by atoms with E-state index in [0.717, 1.165) is 32.3 Å². The van der Waals surface area contributed by atoms with Crippen LogP contribution in [0.1, 0.15) is 32.6 Å². The number of hydrogen-bond donors (Lipinski definition) is 1. The van der Waals surface area contributed by atoms with Crippen LogP contribution in [0.25, 0.3) is 0 Å². The molecular weight excluding hydrogens is 162 g/mol. The van der Waals surface area contributed by atoms with E-state index in [4.69, 9.17) is 10.5 Å². The Morgan fingerprint density at radius 1 is 1.18 bits per heavy atom. The highest BCUT2D eigenvalue weighted by molar-refractivity contribution is 5.85. The molecule has 0 aromatic heterocycles. The SMILES string of the molecule is CC12CCC(N)(CC1)CO2.Cl. The van der Waals surface area contributed by atoms with Crippen molar-refractivity contribution in [2.24, 2.45) is 5.73 Å². The lowest BCUT2D eigenvalue weighted by Crippen LogP contribution is -2.58. The fourth-order valence-corrected chi connectivity index (χ4v) is 1.88. The van der Waals surface area contributed by atoms with Gasteiger partial charge in [-0.25, -0.2) is 0 Å². The van der Waals surface area contributed by atoms with E-state index in [-0.39, 0.29) is 23.5 Å². The molecular formula is C8H16ClNO. The Hall–Kier alpha value is 0.210. The van der Waals surface area contributed by atoms with Crippen molar-refractivity contribution in [1.29, 1.82) is 0 Å². The largest absolute Gasteiger partial charge is 0.373 e. The summed E-state index contributed by atoms with van der Waals surface area (Å²) in [5, 5.41) is 0. The van der Waals surface area contributed by atoms with Gasteiger partial charge >= 0.3 is 0 Å². The van der Waals surface area contributed by atoms with E-state index in [1.807, 2.05) is 0 Å². The molecule has 66 valence electrons. The monoisotopic (exact) mass is 177 g/mol. The Morgan fingerprint density at radius 2 is 1.73 bits per heavy atom. The minimum atomic E-state index is 0. The zero-order valence-electron chi connectivity index (χ0n) is 6.93. The van der Waals surface area contributed by atoms with Crippen LogP contribution in [0.5, 0.6) is 0 Å². The van der Waals surface area contributed by atoms with Gasteiger partial charge in [0.1, 0.15) is 0 Å². The predicted molar refractivity (Wildman–Crippen MR) is 47.0 cm³/mol. The molecule has 3 aliphatic rings. The van der Waals surface area contributed by atoms with Crippen LogP contribution in [0, 0.1) is 0 Å². The Balaban J connectivity index is 0.000000605. The molecule has 0 spiro atoms. The molecule has 0 radical (unpaired) electrons. The Kier molecular flexibility index (Phi) is 2.21.